The van der Waals surface area contributed by atoms with Gasteiger partial charge in [0.2, 0.25) is 0 Å². The second-order valence-electron chi connectivity index (χ2n) is 4.55. The molecule has 2 aromatic rings. The van der Waals surface area contributed by atoms with Gasteiger partial charge in [0.05, 0.1) is 0 Å². The average Bonchev–Trinajstić information content (AvgIpc) is 2.36. The first kappa shape index (κ1) is 14.3. The molecule has 0 aliphatic rings. The molecule has 0 aliphatic carbocycles. The quantitative estimate of drug-likeness (QED) is 0.874. The molecule has 4 heteroatoms. The lowest BCUT2D eigenvalue weighted by Gasteiger charge is -2.14. The molecular weight excluding hydrogens is 284 g/mol. The van der Waals surface area contributed by atoms with Crippen LogP contribution in [0.4, 0.5) is 4.39 Å². The van der Waals surface area contributed by atoms with Gasteiger partial charge in [-0.25, -0.2) is 4.39 Å². The van der Waals surface area contributed by atoms with Gasteiger partial charge in [-0.3, -0.25) is 0 Å². The summed E-state index contributed by atoms with van der Waals surface area (Å²) >= 11 is 11.8. The second kappa shape index (κ2) is 5.91. The molecule has 0 amide bonds. The molecule has 2 rings (SSSR count). The highest BCUT2D eigenvalue weighted by atomic mass is 35.5. The zero-order valence-corrected chi connectivity index (χ0v) is 12.0. The number of nitrogens with two attached hydrogens (primary N) is 1. The Morgan fingerprint density at radius 2 is 1.89 bits per heavy atom. The van der Waals surface area contributed by atoms with Gasteiger partial charge in [-0.1, -0.05) is 41.4 Å². The number of halogens is 3. The van der Waals surface area contributed by atoms with E-state index in [4.69, 9.17) is 28.9 Å². The van der Waals surface area contributed by atoms with E-state index in [2.05, 4.69) is 0 Å². The zero-order valence-electron chi connectivity index (χ0n) is 10.5. The molecule has 0 bridgehead atoms. The van der Waals surface area contributed by atoms with Gasteiger partial charge < -0.3 is 5.73 Å². The van der Waals surface area contributed by atoms with Gasteiger partial charge in [-0.15, -0.1) is 0 Å². The molecule has 0 fully saturated rings. The molecule has 0 spiro atoms. The van der Waals surface area contributed by atoms with Crippen molar-refractivity contribution in [3.8, 4) is 0 Å². The van der Waals surface area contributed by atoms with Crippen molar-refractivity contribution < 1.29 is 4.39 Å². The number of hydrogen-bond donors (Lipinski definition) is 1. The van der Waals surface area contributed by atoms with Crippen LogP contribution in [-0.4, -0.2) is 0 Å². The third-order valence-electron chi connectivity index (χ3n) is 3.08. The Hall–Kier alpha value is -1.09. The normalized spacial score (nSPS) is 12.5. The minimum absolute atomic E-state index is 0.297. The Morgan fingerprint density at radius 3 is 2.53 bits per heavy atom. The van der Waals surface area contributed by atoms with E-state index in [1.807, 2.05) is 25.1 Å². The molecule has 2 aromatic carbocycles. The third kappa shape index (κ3) is 3.47. The number of rotatable bonds is 3. The minimum atomic E-state index is -0.332. The van der Waals surface area contributed by atoms with Gasteiger partial charge in [0.15, 0.2) is 0 Å². The number of benzene rings is 2. The van der Waals surface area contributed by atoms with E-state index in [-0.39, 0.29) is 11.9 Å². The summed E-state index contributed by atoms with van der Waals surface area (Å²) in [5.41, 5.74) is 8.53. The maximum absolute atomic E-state index is 13.7. The smallest absolute Gasteiger partial charge is 0.127 e. The Bertz CT molecular complexity index is 599. The van der Waals surface area contributed by atoms with Gasteiger partial charge in [0.1, 0.15) is 5.82 Å². The molecule has 0 aromatic heterocycles. The molecule has 0 aliphatic heterocycles. The summed E-state index contributed by atoms with van der Waals surface area (Å²) in [7, 11) is 0. The van der Waals surface area contributed by atoms with Gasteiger partial charge in [0, 0.05) is 16.1 Å². The molecule has 100 valence electrons. The summed E-state index contributed by atoms with van der Waals surface area (Å²) in [5, 5.41) is 1.05. The van der Waals surface area contributed by atoms with Crippen LogP contribution in [0.15, 0.2) is 36.4 Å². The molecule has 0 saturated carbocycles. The van der Waals surface area contributed by atoms with Crippen molar-refractivity contribution in [2.45, 2.75) is 19.4 Å². The fourth-order valence-corrected chi connectivity index (χ4v) is 2.23. The van der Waals surface area contributed by atoms with Gasteiger partial charge in [0.25, 0.3) is 0 Å². The highest BCUT2D eigenvalue weighted by Crippen LogP contribution is 2.24. The van der Waals surface area contributed by atoms with E-state index in [1.54, 1.807) is 12.1 Å². The zero-order chi connectivity index (χ0) is 14.0. The van der Waals surface area contributed by atoms with Gasteiger partial charge in [-0.2, -0.15) is 0 Å². The summed E-state index contributed by atoms with van der Waals surface area (Å²) < 4.78 is 13.7. The molecule has 0 saturated heterocycles. The predicted octanol–water partition coefficient (Wildman–Crippen LogP) is 4.68. The van der Waals surface area contributed by atoms with Crippen molar-refractivity contribution in [3.05, 3.63) is 69.0 Å². The SMILES string of the molecule is Cc1ccc(C(N)Cc2ccc(Cl)cc2F)cc1Cl. The van der Waals surface area contributed by atoms with E-state index in [0.29, 0.717) is 22.0 Å². The third-order valence-corrected chi connectivity index (χ3v) is 3.72. The Balaban J connectivity index is 2.20. The lowest BCUT2D eigenvalue weighted by Crippen LogP contribution is -2.14. The number of hydrogen-bond acceptors (Lipinski definition) is 1. The first-order valence-electron chi connectivity index (χ1n) is 5.93. The summed E-state index contributed by atoms with van der Waals surface area (Å²) in [6.07, 6.45) is 0.405. The maximum Gasteiger partial charge on any atom is 0.127 e. The van der Waals surface area contributed by atoms with Crippen molar-refractivity contribution in [1.29, 1.82) is 0 Å². The predicted molar refractivity (Wildman–Crippen MR) is 78.2 cm³/mol. The molecule has 0 radical (unpaired) electrons. The fourth-order valence-electron chi connectivity index (χ4n) is 1.88. The topological polar surface area (TPSA) is 26.0 Å². The summed E-state index contributed by atoms with van der Waals surface area (Å²) in [6, 6.07) is 9.98. The molecular formula is C15H14Cl2FN. The summed E-state index contributed by atoms with van der Waals surface area (Å²) in [5.74, 6) is -0.332. The number of aryl methyl sites for hydroxylation is 1. The van der Waals surface area contributed by atoms with Crippen LogP contribution in [0.1, 0.15) is 22.7 Å². The van der Waals surface area contributed by atoms with Crippen molar-refractivity contribution in [3.63, 3.8) is 0 Å². The van der Waals surface area contributed by atoms with Crippen LogP contribution < -0.4 is 5.73 Å². The lowest BCUT2D eigenvalue weighted by molar-refractivity contribution is 0.593. The highest BCUT2D eigenvalue weighted by Gasteiger charge is 2.11. The Kier molecular flexibility index (Phi) is 4.46. The summed E-state index contributed by atoms with van der Waals surface area (Å²) in [4.78, 5) is 0. The van der Waals surface area contributed by atoms with Gasteiger partial charge in [-0.05, 0) is 48.2 Å². The van der Waals surface area contributed by atoms with E-state index in [9.17, 15) is 4.39 Å². The standard InChI is InChI=1S/C15H14Cl2FN/c1-9-2-3-11(6-13(9)17)15(19)7-10-4-5-12(16)8-14(10)18/h2-6,8,15H,7,19H2,1H3. The molecule has 1 atom stereocenters. The second-order valence-corrected chi connectivity index (χ2v) is 5.40. The first-order valence-corrected chi connectivity index (χ1v) is 6.68. The van der Waals surface area contributed by atoms with Crippen molar-refractivity contribution in [2.75, 3.05) is 0 Å². The van der Waals surface area contributed by atoms with Crippen LogP contribution in [0.2, 0.25) is 10.0 Å². The lowest BCUT2D eigenvalue weighted by atomic mass is 9.98. The van der Waals surface area contributed by atoms with Gasteiger partial charge >= 0.3 is 0 Å². The molecule has 19 heavy (non-hydrogen) atoms. The highest BCUT2D eigenvalue weighted by molar-refractivity contribution is 6.31. The van der Waals surface area contributed by atoms with Crippen LogP contribution in [-0.2, 0) is 6.42 Å². The van der Waals surface area contributed by atoms with E-state index >= 15 is 0 Å². The molecule has 2 N–H and O–H groups in total. The monoisotopic (exact) mass is 297 g/mol. The molecule has 0 heterocycles. The van der Waals surface area contributed by atoms with Crippen molar-refractivity contribution in [1.82, 2.24) is 0 Å². The minimum Gasteiger partial charge on any atom is -0.324 e. The largest absolute Gasteiger partial charge is 0.324 e. The van der Waals surface area contributed by atoms with Crippen LogP contribution in [0.25, 0.3) is 0 Å². The first-order chi connectivity index (χ1) is 8.97. The van der Waals surface area contributed by atoms with Crippen molar-refractivity contribution in [2.24, 2.45) is 5.73 Å². The van der Waals surface area contributed by atoms with Crippen molar-refractivity contribution >= 4 is 23.2 Å². The van der Waals surface area contributed by atoms with Crippen LogP contribution in [0.3, 0.4) is 0 Å². The maximum atomic E-state index is 13.7. The Labute approximate surface area is 122 Å². The van der Waals surface area contributed by atoms with Crippen LogP contribution >= 0.6 is 23.2 Å². The molecule has 1 nitrogen and oxygen atoms in total. The van der Waals surface area contributed by atoms with Crippen LogP contribution in [0.5, 0.6) is 0 Å². The molecule has 1 unspecified atom stereocenters. The fraction of sp³-hybridized carbons (Fsp3) is 0.200. The van der Waals surface area contributed by atoms with Crippen LogP contribution in [0, 0.1) is 12.7 Å². The summed E-state index contributed by atoms with van der Waals surface area (Å²) in [6.45, 7) is 1.93. The Morgan fingerprint density at radius 1 is 1.16 bits per heavy atom. The van der Waals surface area contributed by atoms with E-state index < -0.39 is 0 Å². The van der Waals surface area contributed by atoms with E-state index in [1.165, 1.54) is 6.07 Å². The van der Waals surface area contributed by atoms with E-state index in [0.717, 1.165) is 11.1 Å². The average molecular weight is 298 g/mol.